The van der Waals surface area contributed by atoms with Gasteiger partial charge in [-0.05, 0) is 25.5 Å². The molecule has 2 rings (SSSR count). The predicted molar refractivity (Wildman–Crippen MR) is 90.2 cm³/mol. The summed E-state index contributed by atoms with van der Waals surface area (Å²) in [6, 6.07) is 8.03. The normalized spacial score (nSPS) is 11.7. The summed E-state index contributed by atoms with van der Waals surface area (Å²) in [5.41, 5.74) is 8.30. The van der Waals surface area contributed by atoms with Crippen molar-refractivity contribution < 1.29 is 0 Å². The maximum atomic E-state index is 5.53. The third-order valence-electron chi connectivity index (χ3n) is 3.44. The maximum absolute atomic E-state index is 5.53. The average molecular weight is 300 g/mol. The van der Waals surface area contributed by atoms with Crippen LogP contribution in [0.2, 0.25) is 0 Å². The lowest BCUT2D eigenvalue weighted by atomic mass is 10.1. The highest BCUT2D eigenvalue weighted by Gasteiger charge is 2.05. The number of aromatic nitrogens is 3. The van der Waals surface area contributed by atoms with Gasteiger partial charge in [0.2, 0.25) is 0 Å². The van der Waals surface area contributed by atoms with E-state index in [0.717, 1.165) is 35.7 Å². The molecule has 0 aliphatic carbocycles. The predicted octanol–water partition coefficient (Wildman–Crippen LogP) is 2.30. The van der Waals surface area contributed by atoms with Crippen molar-refractivity contribution in [3.8, 4) is 11.3 Å². The van der Waals surface area contributed by atoms with E-state index < -0.39 is 0 Å². The van der Waals surface area contributed by atoms with Crippen molar-refractivity contribution in [2.24, 2.45) is 10.7 Å². The van der Waals surface area contributed by atoms with Crippen LogP contribution in [0.4, 0.5) is 5.69 Å². The average Bonchev–Trinajstić information content (AvgIpc) is 2.97. The molecule has 0 spiro atoms. The Morgan fingerprint density at radius 1 is 1.41 bits per heavy atom. The highest BCUT2D eigenvalue weighted by molar-refractivity contribution is 5.82. The lowest BCUT2D eigenvalue weighted by Crippen LogP contribution is -2.24. The molecule has 22 heavy (non-hydrogen) atoms. The first-order chi connectivity index (χ1) is 10.6. The number of amidine groups is 1. The Labute approximate surface area is 131 Å². The van der Waals surface area contributed by atoms with Crippen molar-refractivity contribution in [1.29, 1.82) is 0 Å². The Morgan fingerprint density at radius 3 is 2.95 bits per heavy atom. The molecule has 0 unspecified atom stereocenters. The highest BCUT2D eigenvalue weighted by Crippen LogP contribution is 2.22. The number of aliphatic imine (C=N–C) groups is 1. The minimum atomic E-state index is 0.552. The van der Waals surface area contributed by atoms with Gasteiger partial charge in [0.05, 0.1) is 18.4 Å². The topological polar surface area (TPSA) is 72.3 Å². The van der Waals surface area contributed by atoms with Gasteiger partial charge in [0.1, 0.15) is 11.5 Å². The Morgan fingerprint density at radius 2 is 2.23 bits per heavy atom. The zero-order chi connectivity index (χ0) is 15.9. The van der Waals surface area contributed by atoms with Crippen LogP contribution in [-0.4, -0.2) is 45.9 Å². The Balaban J connectivity index is 2.20. The molecule has 118 valence electrons. The van der Waals surface area contributed by atoms with E-state index in [1.807, 2.05) is 37.4 Å². The van der Waals surface area contributed by atoms with Crippen LogP contribution in [0, 0.1) is 0 Å². The van der Waals surface area contributed by atoms with E-state index >= 15 is 0 Å². The zero-order valence-electron chi connectivity index (χ0n) is 13.5. The van der Waals surface area contributed by atoms with Crippen molar-refractivity contribution in [3.05, 3.63) is 30.5 Å². The molecule has 1 aromatic carbocycles. The monoisotopic (exact) mass is 300 g/mol. The number of nitrogens with two attached hydrogens (primary N) is 1. The molecule has 0 radical (unpaired) electrons. The number of benzene rings is 1. The number of nitrogens with zero attached hydrogens (tertiary/aromatic N) is 5. The van der Waals surface area contributed by atoms with E-state index in [1.54, 1.807) is 4.68 Å². The molecule has 1 heterocycles. The molecule has 0 atom stereocenters. The molecule has 0 saturated carbocycles. The number of hydrogen-bond acceptors (Lipinski definition) is 4. The highest BCUT2D eigenvalue weighted by atomic mass is 15.4. The third kappa shape index (κ3) is 4.14. The van der Waals surface area contributed by atoms with Crippen molar-refractivity contribution >= 4 is 11.5 Å². The summed E-state index contributed by atoms with van der Waals surface area (Å²) >= 11 is 0. The summed E-state index contributed by atoms with van der Waals surface area (Å²) in [6.07, 6.45) is 3.01. The molecule has 0 bridgehead atoms. The van der Waals surface area contributed by atoms with Crippen molar-refractivity contribution in [2.45, 2.75) is 26.8 Å². The van der Waals surface area contributed by atoms with Gasteiger partial charge in [-0.3, -0.25) is 4.68 Å². The molecule has 0 saturated heterocycles. The summed E-state index contributed by atoms with van der Waals surface area (Å²) in [7, 11) is 2.06. The van der Waals surface area contributed by atoms with Gasteiger partial charge in [-0.2, -0.15) is 0 Å². The Kier molecular flexibility index (Phi) is 5.66. The second kappa shape index (κ2) is 7.70. The minimum Gasteiger partial charge on any atom is -0.363 e. The Hall–Kier alpha value is -2.21. The van der Waals surface area contributed by atoms with Crippen LogP contribution in [-0.2, 0) is 6.54 Å². The molecule has 6 heteroatoms. The van der Waals surface area contributed by atoms with Gasteiger partial charge in [-0.15, -0.1) is 5.10 Å². The molecule has 6 nitrogen and oxygen atoms in total. The molecular weight excluding hydrogens is 276 g/mol. The molecule has 2 aromatic rings. The second-order valence-corrected chi connectivity index (χ2v) is 5.29. The van der Waals surface area contributed by atoms with Crippen LogP contribution in [0.3, 0.4) is 0 Å². The van der Waals surface area contributed by atoms with E-state index in [9.17, 15) is 0 Å². The molecule has 0 fully saturated rings. The van der Waals surface area contributed by atoms with Crippen LogP contribution in [0.1, 0.15) is 20.3 Å². The summed E-state index contributed by atoms with van der Waals surface area (Å²) in [5, 5.41) is 8.26. The largest absolute Gasteiger partial charge is 0.363 e. The SMILES string of the molecule is CCCN(C)C(C)=Nc1cccc(-c2cn(CCN)nn2)c1. The van der Waals surface area contributed by atoms with Crippen LogP contribution in [0.25, 0.3) is 11.3 Å². The maximum Gasteiger partial charge on any atom is 0.113 e. The first kappa shape index (κ1) is 16.2. The smallest absolute Gasteiger partial charge is 0.113 e. The van der Waals surface area contributed by atoms with Gasteiger partial charge < -0.3 is 10.6 Å². The van der Waals surface area contributed by atoms with Gasteiger partial charge in [-0.25, -0.2) is 4.99 Å². The lowest BCUT2D eigenvalue weighted by molar-refractivity contribution is 0.498. The third-order valence-corrected chi connectivity index (χ3v) is 3.44. The number of hydrogen-bond donors (Lipinski definition) is 1. The molecule has 0 aliphatic heterocycles. The standard InChI is InChI=1S/C16H24N6/c1-4-9-21(3)13(2)18-15-7-5-6-14(11-15)16-12-22(10-8-17)20-19-16/h5-7,11-12H,4,8-10,17H2,1-3H3. The van der Waals surface area contributed by atoms with Gasteiger partial charge in [-0.1, -0.05) is 24.3 Å². The summed E-state index contributed by atoms with van der Waals surface area (Å²) in [5.74, 6) is 1.01. The van der Waals surface area contributed by atoms with Crippen molar-refractivity contribution in [1.82, 2.24) is 19.9 Å². The van der Waals surface area contributed by atoms with Gasteiger partial charge >= 0.3 is 0 Å². The molecule has 0 aliphatic rings. The molecule has 2 N–H and O–H groups in total. The Bertz CT molecular complexity index is 631. The van der Waals surface area contributed by atoms with Crippen LogP contribution >= 0.6 is 0 Å². The van der Waals surface area contributed by atoms with E-state index in [-0.39, 0.29) is 0 Å². The van der Waals surface area contributed by atoms with E-state index in [2.05, 4.69) is 34.2 Å². The molecule has 0 amide bonds. The summed E-state index contributed by atoms with van der Waals surface area (Å²) in [4.78, 5) is 6.83. The van der Waals surface area contributed by atoms with Gasteiger partial charge in [0.25, 0.3) is 0 Å². The van der Waals surface area contributed by atoms with E-state index in [4.69, 9.17) is 5.73 Å². The van der Waals surface area contributed by atoms with Gasteiger partial charge in [0, 0.05) is 25.7 Å². The van der Waals surface area contributed by atoms with Gasteiger partial charge in [0.15, 0.2) is 0 Å². The first-order valence-corrected chi connectivity index (χ1v) is 7.61. The summed E-state index contributed by atoms with van der Waals surface area (Å²) in [6.45, 7) is 6.42. The number of rotatable bonds is 6. The van der Waals surface area contributed by atoms with Crippen molar-refractivity contribution in [3.63, 3.8) is 0 Å². The van der Waals surface area contributed by atoms with Crippen LogP contribution < -0.4 is 5.73 Å². The molecular formula is C16H24N6. The zero-order valence-corrected chi connectivity index (χ0v) is 13.5. The lowest BCUT2D eigenvalue weighted by Gasteiger charge is -2.17. The van der Waals surface area contributed by atoms with Crippen molar-refractivity contribution in [2.75, 3.05) is 20.1 Å². The van der Waals surface area contributed by atoms with Crippen LogP contribution in [0.15, 0.2) is 35.5 Å². The fourth-order valence-corrected chi connectivity index (χ4v) is 2.18. The fourth-order valence-electron chi connectivity index (χ4n) is 2.18. The quantitative estimate of drug-likeness (QED) is 0.656. The van der Waals surface area contributed by atoms with Crippen LogP contribution in [0.5, 0.6) is 0 Å². The fraction of sp³-hybridized carbons (Fsp3) is 0.438. The van der Waals surface area contributed by atoms with E-state index in [0.29, 0.717) is 13.1 Å². The second-order valence-electron chi connectivity index (χ2n) is 5.29. The van der Waals surface area contributed by atoms with E-state index in [1.165, 1.54) is 0 Å². The first-order valence-electron chi connectivity index (χ1n) is 7.61. The minimum absolute atomic E-state index is 0.552. The molecule has 1 aromatic heterocycles. The summed E-state index contributed by atoms with van der Waals surface area (Å²) < 4.78 is 1.76.